The molecule has 1 aliphatic rings. The van der Waals surface area contributed by atoms with Crippen LogP contribution >= 0.6 is 0 Å². The van der Waals surface area contributed by atoms with Crippen LogP contribution in [0.2, 0.25) is 0 Å². The van der Waals surface area contributed by atoms with Crippen molar-refractivity contribution in [2.45, 2.75) is 90.6 Å². The number of anilines is 1. The number of aliphatic hydroxyl groups excluding tert-OH is 1. The number of alkyl halides is 3. The van der Waals surface area contributed by atoms with Gasteiger partial charge >= 0.3 is 6.18 Å². The van der Waals surface area contributed by atoms with E-state index in [-0.39, 0.29) is 36.0 Å². The van der Waals surface area contributed by atoms with E-state index in [0.717, 1.165) is 32.2 Å². The fraction of sp³-hybridized carbons (Fsp3) is 0.724. The topological polar surface area (TPSA) is 91.3 Å². The van der Waals surface area contributed by atoms with Gasteiger partial charge in [0, 0.05) is 37.7 Å². The summed E-state index contributed by atoms with van der Waals surface area (Å²) in [5.74, 6) is -0.945. The monoisotopic (exact) mass is 573 g/mol. The number of ether oxygens (including phenoxy) is 2. The molecule has 0 unspecified atom stereocenters. The zero-order valence-electron chi connectivity index (χ0n) is 24.4. The second-order valence-corrected chi connectivity index (χ2v) is 10.9. The molecule has 2 N–H and O–H groups in total. The van der Waals surface area contributed by atoms with Crippen LogP contribution in [0, 0.1) is 5.92 Å². The lowest BCUT2D eigenvalue weighted by molar-refractivity contribution is -0.142. The molecule has 1 aromatic rings. The molecule has 0 bridgehead atoms. The van der Waals surface area contributed by atoms with E-state index < -0.39 is 36.9 Å². The summed E-state index contributed by atoms with van der Waals surface area (Å²) in [6.45, 7) is 10.1. The molecule has 2 amide bonds. The molecule has 0 aromatic heterocycles. The van der Waals surface area contributed by atoms with Crippen molar-refractivity contribution in [1.82, 2.24) is 9.80 Å². The van der Waals surface area contributed by atoms with Gasteiger partial charge in [-0.05, 0) is 71.3 Å². The molecule has 1 heterocycles. The molecule has 1 aliphatic heterocycles. The number of carbonyl (C=O) groups excluding carboxylic acids is 2. The number of rotatable bonds is 9. The van der Waals surface area contributed by atoms with Crippen LogP contribution in [0.15, 0.2) is 18.2 Å². The molecule has 0 aliphatic carbocycles. The van der Waals surface area contributed by atoms with Crippen LogP contribution in [0.25, 0.3) is 0 Å². The fourth-order valence-corrected chi connectivity index (χ4v) is 4.72. The van der Waals surface area contributed by atoms with Crippen LogP contribution in [0.5, 0.6) is 5.75 Å². The van der Waals surface area contributed by atoms with Gasteiger partial charge in [0.1, 0.15) is 5.75 Å². The Balaban J connectivity index is 2.42. The van der Waals surface area contributed by atoms with Gasteiger partial charge < -0.3 is 29.7 Å². The molecular weight excluding hydrogens is 527 g/mol. The third kappa shape index (κ3) is 11.2. The molecule has 0 radical (unpaired) electrons. The standard InChI is InChI=1S/C29H46F3N3O5/c1-6-14-34(5)18-26-20(2)17-35(21(3)19-36)28(38)24-16-23(33-27(37)12-13-29(30,31)32)10-11-25(24)40-22(4)9-7-8-15-39-26/h10-11,16,20-22,26,36H,6-9,12-15,17-19H2,1-5H3,(H,33,37)/t20-,21+,22-,26-/m0/s1. The average molecular weight is 574 g/mol. The van der Waals surface area contributed by atoms with E-state index in [0.29, 0.717) is 25.4 Å². The molecule has 8 nitrogen and oxygen atoms in total. The maximum absolute atomic E-state index is 14.0. The Morgan fingerprint density at radius 1 is 1.27 bits per heavy atom. The maximum atomic E-state index is 14.0. The summed E-state index contributed by atoms with van der Waals surface area (Å²) in [6, 6.07) is 3.99. The first kappa shape index (κ1) is 33.8. The van der Waals surface area contributed by atoms with Gasteiger partial charge in [-0.15, -0.1) is 0 Å². The normalized spacial score (nSPS) is 22.3. The Hall–Kier alpha value is -2.37. The molecule has 2 rings (SSSR count). The number of hydrogen-bond acceptors (Lipinski definition) is 6. The van der Waals surface area contributed by atoms with Crippen LogP contribution in [0.4, 0.5) is 18.9 Å². The molecule has 228 valence electrons. The van der Waals surface area contributed by atoms with E-state index in [2.05, 4.69) is 17.1 Å². The van der Waals surface area contributed by atoms with E-state index in [1.54, 1.807) is 17.9 Å². The highest BCUT2D eigenvalue weighted by Crippen LogP contribution is 2.29. The number of nitrogens with zero attached hydrogens (tertiary/aromatic N) is 2. The molecule has 4 atom stereocenters. The lowest BCUT2D eigenvalue weighted by Gasteiger charge is -2.35. The molecule has 40 heavy (non-hydrogen) atoms. The van der Waals surface area contributed by atoms with Crippen molar-refractivity contribution >= 4 is 17.5 Å². The summed E-state index contributed by atoms with van der Waals surface area (Å²) < 4.78 is 50.2. The Morgan fingerprint density at radius 3 is 2.65 bits per heavy atom. The van der Waals surface area contributed by atoms with Crippen molar-refractivity contribution in [3.63, 3.8) is 0 Å². The lowest BCUT2D eigenvalue weighted by Crippen LogP contribution is -2.47. The third-order valence-corrected chi connectivity index (χ3v) is 7.07. The van der Waals surface area contributed by atoms with Crippen molar-refractivity contribution in [2.75, 3.05) is 45.2 Å². The zero-order chi connectivity index (χ0) is 29.9. The quantitative estimate of drug-likeness (QED) is 0.427. The summed E-state index contributed by atoms with van der Waals surface area (Å²) in [5, 5.41) is 12.5. The van der Waals surface area contributed by atoms with E-state index in [9.17, 15) is 27.9 Å². The Labute approximate surface area is 236 Å². The summed E-state index contributed by atoms with van der Waals surface area (Å²) in [6.07, 6.45) is -3.27. The van der Waals surface area contributed by atoms with Gasteiger partial charge in [0.2, 0.25) is 5.91 Å². The molecule has 0 spiro atoms. The highest BCUT2D eigenvalue weighted by Gasteiger charge is 2.31. The molecule has 11 heteroatoms. The number of nitrogens with one attached hydrogen (secondary N) is 1. The first-order chi connectivity index (χ1) is 18.8. The second-order valence-electron chi connectivity index (χ2n) is 10.9. The molecular formula is C29H46F3N3O5. The summed E-state index contributed by atoms with van der Waals surface area (Å²) >= 11 is 0. The van der Waals surface area contributed by atoms with Gasteiger partial charge in [-0.25, -0.2) is 0 Å². The van der Waals surface area contributed by atoms with Gasteiger partial charge in [-0.2, -0.15) is 13.2 Å². The van der Waals surface area contributed by atoms with Crippen molar-refractivity contribution in [2.24, 2.45) is 5.92 Å². The average Bonchev–Trinajstić information content (AvgIpc) is 2.88. The number of amides is 2. The van der Waals surface area contributed by atoms with Crippen molar-refractivity contribution in [3.05, 3.63) is 23.8 Å². The van der Waals surface area contributed by atoms with Gasteiger partial charge in [0.25, 0.3) is 5.91 Å². The molecule has 0 saturated carbocycles. The van der Waals surface area contributed by atoms with Crippen molar-refractivity contribution in [3.8, 4) is 5.75 Å². The minimum absolute atomic E-state index is 0.0613. The van der Waals surface area contributed by atoms with E-state index in [1.807, 2.05) is 20.9 Å². The Bertz CT molecular complexity index is 946. The van der Waals surface area contributed by atoms with Crippen LogP contribution in [0.1, 0.15) is 76.6 Å². The third-order valence-electron chi connectivity index (χ3n) is 7.07. The molecule has 1 aromatic carbocycles. The zero-order valence-corrected chi connectivity index (χ0v) is 24.4. The van der Waals surface area contributed by atoms with Gasteiger partial charge in [0.15, 0.2) is 0 Å². The Kier molecular flexibility index (Phi) is 13.7. The van der Waals surface area contributed by atoms with E-state index in [4.69, 9.17) is 9.47 Å². The van der Waals surface area contributed by atoms with Crippen LogP contribution < -0.4 is 10.1 Å². The van der Waals surface area contributed by atoms with E-state index in [1.165, 1.54) is 12.1 Å². The predicted octanol–water partition coefficient (Wildman–Crippen LogP) is 5.10. The number of hydrogen-bond donors (Lipinski definition) is 2. The second kappa shape index (κ2) is 16.2. The minimum atomic E-state index is -4.45. The first-order valence-corrected chi connectivity index (χ1v) is 14.2. The van der Waals surface area contributed by atoms with Crippen molar-refractivity contribution < 1.29 is 37.3 Å². The van der Waals surface area contributed by atoms with Gasteiger partial charge in [-0.1, -0.05) is 13.8 Å². The summed E-state index contributed by atoms with van der Waals surface area (Å²) in [7, 11) is 2.05. The highest BCUT2D eigenvalue weighted by molar-refractivity contribution is 5.99. The number of halogens is 3. The van der Waals surface area contributed by atoms with Gasteiger partial charge in [-0.3, -0.25) is 9.59 Å². The Morgan fingerprint density at radius 2 is 2.00 bits per heavy atom. The van der Waals surface area contributed by atoms with Crippen LogP contribution in [-0.4, -0.2) is 91.0 Å². The van der Waals surface area contributed by atoms with Gasteiger partial charge in [0.05, 0.1) is 36.8 Å². The number of benzene rings is 1. The van der Waals surface area contributed by atoms with Crippen molar-refractivity contribution in [1.29, 1.82) is 0 Å². The van der Waals surface area contributed by atoms with Crippen LogP contribution in [-0.2, 0) is 9.53 Å². The maximum Gasteiger partial charge on any atom is 0.389 e. The summed E-state index contributed by atoms with van der Waals surface area (Å²) in [4.78, 5) is 30.0. The molecule has 0 fully saturated rings. The number of fused-ring (bicyclic) bond motifs is 1. The van der Waals surface area contributed by atoms with Crippen LogP contribution in [0.3, 0.4) is 0 Å². The fourth-order valence-electron chi connectivity index (χ4n) is 4.72. The molecule has 0 saturated heterocycles. The predicted molar refractivity (Wildman–Crippen MR) is 149 cm³/mol. The van der Waals surface area contributed by atoms with E-state index >= 15 is 0 Å². The first-order valence-electron chi connectivity index (χ1n) is 14.2. The SMILES string of the molecule is CCCN(C)C[C@@H]1OCCCC[C@H](C)Oc2ccc(NC(=O)CCC(F)(F)F)cc2C(=O)N([C@H](C)CO)C[C@@H]1C. The largest absolute Gasteiger partial charge is 0.490 e. The number of aliphatic hydroxyl groups is 1. The number of likely N-dealkylation sites (N-methyl/N-ethyl adjacent to an activating group) is 1. The summed E-state index contributed by atoms with van der Waals surface area (Å²) in [5.41, 5.74) is 0.370. The minimum Gasteiger partial charge on any atom is -0.490 e. The number of carbonyl (C=O) groups is 2. The highest BCUT2D eigenvalue weighted by atomic mass is 19.4. The smallest absolute Gasteiger partial charge is 0.389 e. The lowest BCUT2D eigenvalue weighted by atomic mass is 10.0.